The highest BCUT2D eigenvalue weighted by Crippen LogP contribution is 2.31. The van der Waals surface area contributed by atoms with Crippen LogP contribution in [0.4, 0.5) is 0 Å². The first-order chi connectivity index (χ1) is 8.74. The summed E-state index contributed by atoms with van der Waals surface area (Å²) >= 11 is 0. The van der Waals surface area contributed by atoms with Gasteiger partial charge in [-0.2, -0.15) is 0 Å². The molecule has 0 unspecified atom stereocenters. The third-order valence-corrected chi connectivity index (χ3v) is 3.25. The van der Waals surface area contributed by atoms with Crippen LogP contribution in [-0.2, 0) is 13.5 Å². The standard InChI is InChI=1S/C14H16N2O2/c1-10-12(16(2)9-15-10)7-11-3-4-13-14(8-11)18-6-5-17-13/h3-4,8-9H,5-7H2,1-2H3. The third-order valence-electron chi connectivity index (χ3n) is 3.25. The predicted octanol–water partition coefficient (Wildman–Crippen LogP) is 2.09. The summed E-state index contributed by atoms with van der Waals surface area (Å²) in [5.74, 6) is 1.69. The molecule has 0 amide bonds. The van der Waals surface area contributed by atoms with Gasteiger partial charge in [0.05, 0.1) is 12.0 Å². The van der Waals surface area contributed by atoms with E-state index in [0.29, 0.717) is 13.2 Å². The second kappa shape index (κ2) is 4.37. The smallest absolute Gasteiger partial charge is 0.161 e. The van der Waals surface area contributed by atoms with E-state index in [9.17, 15) is 0 Å². The van der Waals surface area contributed by atoms with Gasteiger partial charge in [-0.15, -0.1) is 0 Å². The van der Waals surface area contributed by atoms with Crippen LogP contribution in [0.2, 0.25) is 0 Å². The van der Waals surface area contributed by atoms with Gasteiger partial charge in [0.15, 0.2) is 11.5 Å². The van der Waals surface area contributed by atoms with Crippen LogP contribution in [-0.4, -0.2) is 22.8 Å². The molecule has 1 aliphatic heterocycles. The number of hydrogen-bond acceptors (Lipinski definition) is 3. The van der Waals surface area contributed by atoms with E-state index in [0.717, 1.165) is 23.6 Å². The molecule has 0 atom stereocenters. The van der Waals surface area contributed by atoms with Crippen LogP contribution in [0.15, 0.2) is 24.5 Å². The maximum atomic E-state index is 5.60. The van der Waals surface area contributed by atoms with E-state index in [-0.39, 0.29) is 0 Å². The van der Waals surface area contributed by atoms with Crippen LogP contribution in [0.1, 0.15) is 17.0 Å². The average Bonchev–Trinajstić information content (AvgIpc) is 2.70. The summed E-state index contributed by atoms with van der Waals surface area (Å²) in [7, 11) is 2.02. The largest absolute Gasteiger partial charge is 0.486 e. The van der Waals surface area contributed by atoms with Crippen molar-refractivity contribution in [3.63, 3.8) is 0 Å². The number of benzene rings is 1. The molecule has 1 aromatic heterocycles. The maximum absolute atomic E-state index is 5.60. The number of hydrogen-bond donors (Lipinski definition) is 0. The first kappa shape index (κ1) is 11.1. The van der Waals surface area contributed by atoms with Crippen LogP contribution in [0.25, 0.3) is 0 Å². The molecule has 0 spiro atoms. The number of ether oxygens (including phenoxy) is 2. The zero-order valence-electron chi connectivity index (χ0n) is 10.6. The van der Waals surface area contributed by atoms with E-state index in [4.69, 9.17) is 9.47 Å². The molecule has 18 heavy (non-hydrogen) atoms. The number of aryl methyl sites for hydroxylation is 2. The molecule has 0 saturated heterocycles. The lowest BCUT2D eigenvalue weighted by Crippen LogP contribution is -2.15. The number of rotatable bonds is 2. The zero-order chi connectivity index (χ0) is 12.5. The normalized spacial score (nSPS) is 13.7. The molecule has 4 nitrogen and oxygen atoms in total. The Morgan fingerprint density at radius 3 is 2.72 bits per heavy atom. The summed E-state index contributed by atoms with van der Waals surface area (Å²) in [4.78, 5) is 4.31. The average molecular weight is 244 g/mol. The lowest BCUT2D eigenvalue weighted by Gasteiger charge is -2.19. The Morgan fingerprint density at radius 1 is 1.22 bits per heavy atom. The van der Waals surface area contributed by atoms with Gasteiger partial charge in [-0.25, -0.2) is 4.98 Å². The lowest BCUT2D eigenvalue weighted by molar-refractivity contribution is 0.171. The van der Waals surface area contributed by atoms with Crippen molar-refractivity contribution in [2.75, 3.05) is 13.2 Å². The summed E-state index contributed by atoms with van der Waals surface area (Å²) < 4.78 is 13.2. The minimum absolute atomic E-state index is 0.626. The molecular weight excluding hydrogens is 228 g/mol. The fourth-order valence-corrected chi connectivity index (χ4v) is 2.22. The molecule has 1 aliphatic rings. The Bertz CT molecular complexity index is 556. The van der Waals surface area contributed by atoms with Crippen molar-refractivity contribution in [3.8, 4) is 11.5 Å². The molecule has 0 aliphatic carbocycles. The van der Waals surface area contributed by atoms with E-state index >= 15 is 0 Å². The quantitative estimate of drug-likeness (QED) is 0.811. The Kier molecular flexibility index (Phi) is 2.70. The molecule has 0 fully saturated rings. The molecule has 2 heterocycles. The number of imidazole rings is 1. The summed E-state index contributed by atoms with van der Waals surface area (Å²) in [6.07, 6.45) is 2.71. The van der Waals surface area contributed by atoms with Gasteiger partial charge in [-0.1, -0.05) is 6.07 Å². The van der Waals surface area contributed by atoms with Crippen LogP contribution in [0, 0.1) is 6.92 Å². The molecule has 0 N–H and O–H groups in total. The van der Waals surface area contributed by atoms with Crippen LogP contribution < -0.4 is 9.47 Å². The highest BCUT2D eigenvalue weighted by molar-refractivity contribution is 5.44. The summed E-state index contributed by atoms with van der Waals surface area (Å²) in [6, 6.07) is 6.12. The van der Waals surface area contributed by atoms with E-state index in [2.05, 4.69) is 21.7 Å². The Morgan fingerprint density at radius 2 is 2.00 bits per heavy atom. The highest BCUT2D eigenvalue weighted by Gasteiger charge is 2.13. The third kappa shape index (κ3) is 1.94. The number of aromatic nitrogens is 2. The van der Waals surface area contributed by atoms with Crippen molar-refractivity contribution >= 4 is 0 Å². The highest BCUT2D eigenvalue weighted by atomic mass is 16.6. The molecule has 0 radical (unpaired) electrons. The minimum atomic E-state index is 0.626. The van der Waals surface area contributed by atoms with Crippen molar-refractivity contribution in [1.82, 2.24) is 9.55 Å². The second-order valence-corrected chi connectivity index (χ2v) is 4.54. The number of nitrogens with zero attached hydrogens (tertiary/aromatic N) is 2. The number of fused-ring (bicyclic) bond motifs is 1. The van der Waals surface area contributed by atoms with Gasteiger partial charge in [0, 0.05) is 19.2 Å². The molecule has 94 valence electrons. The van der Waals surface area contributed by atoms with Gasteiger partial charge < -0.3 is 14.0 Å². The molecule has 1 aromatic carbocycles. The van der Waals surface area contributed by atoms with Crippen LogP contribution >= 0.6 is 0 Å². The Hall–Kier alpha value is -1.97. The fourth-order valence-electron chi connectivity index (χ4n) is 2.22. The second-order valence-electron chi connectivity index (χ2n) is 4.54. The molecular formula is C14H16N2O2. The van der Waals surface area contributed by atoms with Crippen molar-refractivity contribution < 1.29 is 9.47 Å². The first-order valence-corrected chi connectivity index (χ1v) is 6.09. The van der Waals surface area contributed by atoms with Crippen molar-refractivity contribution in [3.05, 3.63) is 41.5 Å². The maximum Gasteiger partial charge on any atom is 0.161 e. The van der Waals surface area contributed by atoms with E-state index in [1.807, 2.05) is 26.4 Å². The molecule has 0 bridgehead atoms. The molecule has 4 heteroatoms. The molecule has 3 rings (SSSR count). The predicted molar refractivity (Wildman–Crippen MR) is 68.2 cm³/mol. The van der Waals surface area contributed by atoms with E-state index in [1.54, 1.807) is 0 Å². The topological polar surface area (TPSA) is 36.3 Å². The monoisotopic (exact) mass is 244 g/mol. The van der Waals surface area contributed by atoms with Crippen LogP contribution in [0.3, 0.4) is 0 Å². The van der Waals surface area contributed by atoms with E-state index < -0.39 is 0 Å². The molecule has 0 saturated carbocycles. The van der Waals surface area contributed by atoms with Crippen LogP contribution in [0.5, 0.6) is 11.5 Å². The van der Waals surface area contributed by atoms with Gasteiger partial charge in [-0.3, -0.25) is 0 Å². The van der Waals surface area contributed by atoms with Gasteiger partial charge in [0.25, 0.3) is 0 Å². The van der Waals surface area contributed by atoms with Crippen molar-refractivity contribution in [2.24, 2.45) is 7.05 Å². The first-order valence-electron chi connectivity index (χ1n) is 6.09. The van der Waals surface area contributed by atoms with Gasteiger partial charge >= 0.3 is 0 Å². The zero-order valence-corrected chi connectivity index (χ0v) is 10.6. The summed E-state index contributed by atoms with van der Waals surface area (Å²) in [5, 5.41) is 0. The Balaban J connectivity index is 1.89. The van der Waals surface area contributed by atoms with Gasteiger partial charge in [0.1, 0.15) is 13.2 Å². The fraction of sp³-hybridized carbons (Fsp3) is 0.357. The van der Waals surface area contributed by atoms with Gasteiger partial charge in [-0.05, 0) is 24.6 Å². The SMILES string of the molecule is Cc1ncn(C)c1Cc1ccc2c(c1)OCCO2. The molecule has 2 aromatic rings. The van der Waals surface area contributed by atoms with E-state index in [1.165, 1.54) is 11.3 Å². The van der Waals surface area contributed by atoms with Crippen molar-refractivity contribution in [1.29, 1.82) is 0 Å². The van der Waals surface area contributed by atoms with Gasteiger partial charge in [0.2, 0.25) is 0 Å². The summed E-state index contributed by atoms with van der Waals surface area (Å²) in [5.41, 5.74) is 3.52. The van der Waals surface area contributed by atoms with Crippen molar-refractivity contribution in [2.45, 2.75) is 13.3 Å². The minimum Gasteiger partial charge on any atom is -0.486 e. The summed E-state index contributed by atoms with van der Waals surface area (Å²) in [6.45, 7) is 3.29. The Labute approximate surface area is 106 Å². The lowest BCUT2D eigenvalue weighted by atomic mass is 10.1.